The van der Waals surface area contributed by atoms with Crippen LogP contribution in [0.5, 0.6) is 0 Å². The zero-order valence-electron chi connectivity index (χ0n) is 11.9. The van der Waals surface area contributed by atoms with E-state index in [0.717, 1.165) is 11.4 Å². The van der Waals surface area contributed by atoms with E-state index in [9.17, 15) is 0 Å². The molecule has 0 bridgehead atoms. The topological polar surface area (TPSA) is 24.1 Å². The monoisotopic (exact) mass is 302 g/mol. The van der Waals surface area contributed by atoms with Crippen LogP contribution in [0.15, 0.2) is 47.4 Å². The lowest BCUT2D eigenvalue weighted by Gasteiger charge is -2.14. The molecule has 0 radical (unpaired) electrons. The Kier molecular flexibility index (Phi) is 5.04. The number of hydrogen-bond donors (Lipinski definition) is 2. The summed E-state index contributed by atoms with van der Waals surface area (Å²) in [7, 11) is 0. The average molecular weight is 302 g/mol. The van der Waals surface area contributed by atoms with Gasteiger partial charge in [-0.25, -0.2) is 0 Å². The van der Waals surface area contributed by atoms with Crippen LogP contribution in [-0.4, -0.2) is 11.4 Å². The number of benzene rings is 2. The van der Waals surface area contributed by atoms with Crippen LogP contribution in [0.1, 0.15) is 11.1 Å². The summed E-state index contributed by atoms with van der Waals surface area (Å²) in [5.74, 6) is 0. The molecule has 0 unspecified atom stereocenters. The highest BCUT2D eigenvalue weighted by atomic mass is 32.2. The minimum atomic E-state index is 0.610. The maximum absolute atomic E-state index is 5.39. The minimum absolute atomic E-state index is 0.610. The highest BCUT2D eigenvalue weighted by molar-refractivity contribution is 7.98. The first-order valence-corrected chi connectivity index (χ1v) is 8.01. The SMILES string of the molecule is CSc1ccccc1NC(=S)Nc1ccc(C)cc1C. The van der Waals surface area contributed by atoms with Crippen LogP contribution in [0.2, 0.25) is 0 Å². The van der Waals surface area contributed by atoms with E-state index >= 15 is 0 Å². The molecule has 0 heterocycles. The van der Waals surface area contributed by atoms with Gasteiger partial charge in [0.15, 0.2) is 5.11 Å². The molecule has 2 nitrogen and oxygen atoms in total. The second-order valence-electron chi connectivity index (χ2n) is 4.60. The fourth-order valence-corrected chi connectivity index (χ4v) is 2.75. The Morgan fingerprint density at radius 1 is 1.00 bits per heavy atom. The number of rotatable bonds is 3. The molecule has 0 spiro atoms. The van der Waals surface area contributed by atoms with Gasteiger partial charge in [-0.05, 0) is 56.1 Å². The summed E-state index contributed by atoms with van der Waals surface area (Å²) in [6.45, 7) is 4.16. The van der Waals surface area contributed by atoms with Gasteiger partial charge in [-0.15, -0.1) is 11.8 Å². The number of nitrogens with one attached hydrogen (secondary N) is 2. The molecule has 2 aromatic rings. The zero-order valence-corrected chi connectivity index (χ0v) is 13.5. The normalized spacial score (nSPS) is 10.2. The number of thioether (sulfide) groups is 1. The van der Waals surface area contributed by atoms with Crippen LogP contribution in [0.3, 0.4) is 0 Å². The van der Waals surface area contributed by atoms with Gasteiger partial charge in [-0.3, -0.25) is 0 Å². The van der Waals surface area contributed by atoms with Gasteiger partial charge in [0, 0.05) is 10.6 Å². The lowest BCUT2D eigenvalue weighted by Crippen LogP contribution is -2.20. The predicted molar refractivity (Wildman–Crippen MR) is 94.0 cm³/mol. The van der Waals surface area contributed by atoms with Crippen molar-refractivity contribution in [2.45, 2.75) is 18.7 Å². The second kappa shape index (κ2) is 6.77. The molecule has 0 saturated heterocycles. The summed E-state index contributed by atoms with van der Waals surface area (Å²) < 4.78 is 0. The number of aryl methyl sites for hydroxylation is 2. The van der Waals surface area contributed by atoms with Crippen molar-refractivity contribution in [3.63, 3.8) is 0 Å². The van der Waals surface area contributed by atoms with Crippen LogP contribution >= 0.6 is 24.0 Å². The van der Waals surface area contributed by atoms with Gasteiger partial charge < -0.3 is 10.6 Å². The lowest BCUT2D eigenvalue weighted by molar-refractivity contribution is 1.38. The van der Waals surface area contributed by atoms with Gasteiger partial charge in [-0.2, -0.15) is 0 Å². The van der Waals surface area contributed by atoms with Crippen molar-refractivity contribution < 1.29 is 0 Å². The molecule has 0 atom stereocenters. The molecule has 0 aliphatic rings. The van der Waals surface area contributed by atoms with Gasteiger partial charge in [0.1, 0.15) is 0 Å². The van der Waals surface area contributed by atoms with Gasteiger partial charge >= 0.3 is 0 Å². The lowest BCUT2D eigenvalue weighted by atomic mass is 10.1. The van der Waals surface area contributed by atoms with Gasteiger partial charge in [0.25, 0.3) is 0 Å². The Morgan fingerprint density at radius 3 is 2.40 bits per heavy atom. The van der Waals surface area contributed by atoms with Gasteiger partial charge in [0.05, 0.1) is 5.69 Å². The summed E-state index contributed by atoms with van der Waals surface area (Å²) >= 11 is 7.09. The number of anilines is 2. The Bertz CT molecular complexity index is 624. The molecule has 0 aliphatic heterocycles. The highest BCUT2D eigenvalue weighted by Crippen LogP contribution is 2.25. The molecule has 0 aliphatic carbocycles. The van der Waals surface area contributed by atoms with E-state index in [2.05, 4.69) is 55.0 Å². The second-order valence-corrected chi connectivity index (χ2v) is 5.85. The molecule has 2 N–H and O–H groups in total. The van der Waals surface area contributed by atoms with Crippen molar-refractivity contribution in [2.75, 3.05) is 16.9 Å². The first kappa shape index (κ1) is 14.9. The molecule has 2 rings (SSSR count). The summed E-state index contributed by atoms with van der Waals surface area (Å²) in [6.07, 6.45) is 2.06. The molecule has 0 amide bonds. The summed E-state index contributed by atoms with van der Waals surface area (Å²) in [6, 6.07) is 14.4. The number of thiocarbonyl (C=S) groups is 1. The van der Waals surface area contributed by atoms with Crippen LogP contribution in [0.4, 0.5) is 11.4 Å². The van der Waals surface area contributed by atoms with Crippen molar-refractivity contribution >= 4 is 40.5 Å². The van der Waals surface area contributed by atoms with E-state index in [1.54, 1.807) is 11.8 Å². The van der Waals surface area contributed by atoms with Crippen molar-refractivity contribution in [1.29, 1.82) is 0 Å². The predicted octanol–water partition coefficient (Wildman–Crippen LogP) is 4.83. The largest absolute Gasteiger partial charge is 0.332 e. The molecular formula is C16H18N2S2. The Labute approximate surface area is 130 Å². The molecule has 4 heteroatoms. The summed E-state index contributed by atoms with van der Waals surface area (Å²) in [5, 5.41) is 7.11. The van der Waals surface area contributed by atoms with Crippen LogP contribution < -0.4 is 10.6 Å². The third kappa shape index (κ3) is 3.74. The third-order valence-corrected chi connectivity index (χ3v) is 3.99. The Hall–Kier alpha value is -1.52. The van der Waals surface area contributed by atoms with E-state index in [-0.39, 0.29) is 0 Å². The fourth-order valence-electron chi connectivity index (χ4n) is 1.98. The van der Waals surface area contributed by atoms with Crippen molar-refractivity contribution in [3.05, 3.63) is 53.6 Å². The van der Waals surface area contributed by atoms with E-state index < -0.39 is 0 Å². The minimum Gasteiger partial charge on any atom is -0.332 e. The van der Waals surface area contributed by atoms with E-state index in [0.29, 0.717) is 5.11 Å². The molecule has 0 fully saturated rings. The quantitative estimate of drug-likeness (QED) is 0.626. The van der Waals surface area contributed by atoms with Crippen LogP contribution in [0, 0.1) is 13.8 Å². The molecule has 0 aromatic heterocycles. The smallest absolute Gasteiger partial charge is 0.175 e. The molecule has 20 heavy (non-hydrogen) atoms. The van der Waals surface area contributed by atoms with Crippen molar-refractivity contribution in [3.8, 4) is 0 Å². The fraction of sp³-hybridized carbons (Fsp3) is 0.188. The summed E-state index contributed by atoms with van der Waals surface area (Å²) in [5.41, 5.74) is 4.50. The maximum Gasteiger partial charge on any atom is 0.175 e. The van der Waals surface area contributed by atoms with Gasteiger partial charge in [-0.1, -0.05) is 29.8 Å². The Morgan fingerprint density at radius 2 is 1.70 bits per heavy atom. The maximum atomic E-state index is 5.39. The molecular weight excluding hydrogens is 284 g/mol. The average Bonchev–Trinajstić information content (AvgIpc) is 2.42. The molecule has 104 valence electrons. The first-order valence-electron chi connectivity index (χ1n) is 6.38. The third-order valence-electron chi connectivity index (χ3n) is 2.99. The van der Waals surface area contributed by atoms with E-state index in [4.69, 9.17) is 12.2 Å². The van der Waals surface area contributed by atoms with E-state index in [1.807, 2.05) is 18.2 Å². The zero-order chi connectivity index (χ0) is 14.5. The molecule has 0 saturated carbocycles. The summed E-state index contributed by atoms with van der Waals surface area (Å²) in [4.78, 5) is 1.18. The van der Waals surface area contributed by atoms with Crippen LogP contribution in [-0.2, 0) is 0 Å². The van der Waals surface area contributed by atoms with E-state index in [1.165, 1.54) is 16.0 Å². The molecule has 2 aromatic carbocycles. The highest BCUT2D eigenvalue weighted by Gasteiger charge is 2.04. The standard InChI is InChI=1S/C16H18N2S2/c1-11-8-9-13(12(2)10-11)17-16(19)18-14-6-4-5-7-15(14)20-3/h4-10H,1-3H3,(H2,17,18,19). The first-order chi connectivity index (χ1) is 9.60. The number of para-hydroxylation sites is 1. The van der Waals surface area contributed by atoms with Gasteiger partial charge in [0.2, 0.25) is 0 Å². The Balaban J connectivity index is 2.09. The van der Waals surface area contributed by atoms with Crippen LogP contribution in [0.25, 0.3) is 0 Å². The van der Waals surface area contributed by atoms with Crippen molar-refractivity contribution in [2.24, 2.45) is 0 Å². The number of hydrogen-bond acceptors (Lipinski definition) is 2. The van der Waals surface area contributed by atoms with Crippen molar-refractivity contribution in [1.82, 2.24) is 0 Å².